The van der Waals surface area contributed by atoms with Crippen LogP contribution < -0.4 is 15.4 Å². The number of benzene rings is 2. The fourth-order valence-electron chi connectivity index (χ4n) is 3.64. The maximum absolute atomic E-state index is 13.0. The van der Waals surface area contributed by atoms with Gasteiger partial charge in [0.2, 0.25) is 5.91 Å². The van der Waals surface area contributed by atoms with Crippen molar-refractivity contribution < 1.29 is 18.7 Å². The highest BCUT2D eigenvalue weighted by Crippen LogP contribution is 2.31. The Labute approximate surface area is 176 Å². The summed E-state index contributed by atoms with van der Waals surface area (Å²) >= 11 is 0. The summed E-state index contributed by atoms with van der Waals surface area (Å²) in [7, 11) is 0. The van der Waals surface area contributed by atoms with Gasteiger partial charge in [0.15, 0.2) is 0 Å². The molecule has 1 saturated heterocycles. The molecule has 2 N–H and O–H groups in total. The van der Waals surface area contributed by atoms with E-state index < -0.39 is 5.41 Å². The van der Waals surface area contributed by atoms with Crippen molar-refractivity contribution in [2.75, 3.05) is 25.0 Å². The molecule has 160 valence electrons. The normalized spacial score (nSPS) is 18.6. The highest BCUT2D eigenvalue weighted by molar-refractivity contribution is 5.92. The van der Waals surface area contributed by atoms with Crippen molar-refractivity contribution in [1.29, 1.82) is 0 Å². The zero-order chi connectivity index (χ0) is 21.6. The van der Waals surface area contributed by atoms with Gasteiger partial charge in [0.05, 0.1) is 17.7 Å². The number of piperidine rings is 1. The van der Waals surface area contributed by atoms with Gasteiger partial charge in [-0.15, -0.1) is 0 Å². The van der Waals surface area contributed by atoms with E-state index in [0.717, 1.165) is 12.0 Å². The minimum Gasteiger partial charge on any atom is -0.492 e. The summed E-state index contributed by atoms with van der Waals surface area (Å²) in [5, 5.41) is 5.82. The minimum absolute atomic E-state index is 0.112. The number of nitrogens with zero attached hydrogens (tertiary/aromatic N) is 1. The molecule has 2 aromatic carbocycles. The van der Waals surface area contributed by atoms with Crippen molar-refractivity contribution in [2.24, 2.45) is 5.41 Å². The Morgan fingerprint density at radius 1 is 1.17 bits per heavy atom. The molecule has 6 nitrogen and oxygen atoms in total. The van der Waals surface area contributed by atoms with Crippen LogP contribution in [0.3, 0.4) is 0 Å². The lowest BCUT2D eigenvalue weighted by Crippen LogP contribution is -2.52. The number of carbonyl (C=O) groups is 2. The fraction of sp³-hybridized carbons (Fsp3) is 0.391. The number of amides is 3. The quantitative estimate of drug-likeness (QED) is 0.747. The Hall–Kier alpha value is -3.09. The molecule has 2 aromatic rings. The number of rotatable bonds is 6. The molecule has 1 fully saturated rings. The summed E-state index contributed by atoms with van der Waals surface area (Å²) < 4.78 is 18.6. The summed E-state index contributed by atoms with van der Waals surface area (Å²) in [5.41, 5.74) is 0.749. The van der Waals surface area contributed by atoms with E-state index in [1.807, 2.05) is 32.0 Å². The van der Waals surface area contributed by atoms with Crippen molar-refractivity contribution >= 4 is 17.6 Å². The Balaban J connectivity index is 1.61. The van der Waals surface area contributed by atoms with E-state index in [0.29, 0.717) is 44.1 Å². The van der Waals surface area contributed by atoms with Crippen molar-refractivity contribution in [3.63, 3.8) is 0 Å². The van der Waals surface area contributed by atoms with Gasteiger partial charge in [-0.05, 0) is 56.5 Å². The Kier molecular flexibility index (Phi) is 6.92. The van der Waals surface area contributed by atoms with Gasteiger partial charge in [0.25, 0.3) is 0 Å². The number of hydrogen-bond acceptors (Lipinski definition) is 3. The van der Waals surface area contributed by atoms with E-state index in [-0.39, 0.29) is 17.8 Å². The SMILES string of the molecule is CCOc1ccccc1NC(=O)N1CCC[C@@](C)(C(=O)NCc2ccc(F)cc2)C1. The Bertz CT molecular complexity index is 888. The molecular formula is C23H28FN3O3. The monoisotopic (exact) mass is 413 g/mol. The molecular weight excluding hydrogens is 385 g/mol. The van der Waals surface area contributed by atoms with Crippen LogP contribution in [0.15, 0.2) is 48.5 Å². The number of hydrogen-bond donors (Lipinski definition) is 2. The van der Waals surface area contributed by atoms with Gasteiger partial charge in [-0.1, -0.05) is 24.3 Å². The average molecular weight is 413 g/mol. The van der Waals surface area contributed by atoms with E-state index in [4.69, 9.17) is 4.74 Å². The van der Waals surface area contributed by atoms with E-state index in [2.05, 4.69) is 10.6 Å². The first-order valence-electron chi connectivity index (χ1n) is 10.2. The topological polar surface area (TPSA) is 70.7 Å². The molecule has 1 atom stereocenters. The largest absolute Gasteiger partial charge is 0.492 e. The van der Waals surface area contributed by atoms with Gasteiger partial charge in [-0.3, -0.25) is 4.79 Å². The number of halogens is 1. The van der Waals surface area contributed by atoms with Crippen LogP contribution in [-0.4, -0.2) is 36.5 Å². The van der Waals surface area contributed by atoms with Crippen molar-refractivity contribution in [2.45, 2.75) is 33.2 Å². The maximum atomic E-state index is 13.0. The molecule has 1 aliphatic rings. The van der Waals surface area contributed by atoms with Crippen LogP contribution in [0.25, 0.3) is 0 Å². The lowest BCUT2D eigenvalue weighted by atomic mass is 9.81. The first kappa shape index (κ1) is 21.6. The van der Waals surface area contributed by atoms with Gasteiger partial charge in [-0.2, -0.15) is 0 Å². The number of nitrogens with one attached hydrogen (secondary N) is 2. The van der Waals surface area contributed by atoms with Gasteiger partial charge < -0.3 is 20.3 Å². The molecule has 0 aromatic heterocycles. The van der Waals surface area contributed by atoms with Crippen LogP contribution in [0, 0.1) is 11.2 Å². The third kappa shape index (κ3) is 5.28. The number of likely N-dealkylation sites (tertiary alicyclic amines) is 1. The molecule has 0 bridgehead atoms. The highest BCUT2D eigenvalue weighted by atomic mass is 19.1. The fourth-order valence-corrected chi connectivity index (χ4v) is 3.64. The second-order valence-corrected chi connectivity index (χ2v) is 7.75. The summed E-state index contributed by atoms with van der Waals surface area (Å²) in [6, 6.07) is 13.1. The van der Waals surface area contributed by atoms with Crippen LogP contribution in [-0.2, 0) is 11.3 Å². The molecule has 0 unspecified atom stereocenters. The van der Waals surface area contributed by atoms with Crippen molar-refractivity contribution in [1.82, 2.24) is 10.2 Å². The Morgan fingerprint density at radius 3 is 2.63 bits per heavy atom. The highest BCUT2D eigenvalue weighted by Gasteiger charge is 2.39. The molecule has 0 radical (unpaired) electrons. The lowest BCUT2D eigenvalue weighted by Gasteiger charge is -2.39. The van der Waals surface area contributed by atoms with E-state index >= 15 is 0 Å². The molecule has 30 heavy (non-hydrogen) atoms. The van der Waals surface area contributed by atoms with E-state index in [1.165, 1.54) is 12.1 Å². The third-order valence-corrected chi connectivity index (χ3v) is 5.33. The number of para-hydroxylation sites is 2. The van der Waals surface area contributed by atoms with E-state index in [9.17, 15) is 14.0 Å². The van der Waals surface area contributed by atoms with Gasteiger partial charge in [0.1, 0.15) is 11.6 Å². The third-order valence-electron chi connectivity index (χ3n) is 5.33. The standard InChI is InChI=1S/C23H28FN3O3/c1-3-30-20-8-5-4-7-19(20)26-22(29)27-14-6-13-23(2,16-27)21(28)25-15-17-9-11-18(24)12-10-17/h4-5,7-12H,3,6,13-16H2,1-2H3,(H,25,28)(H,26,29)/t23-/m1/s1. The molecule has 1 heterocycles. The van der Waals surface area contributed by atoms with Crippen LogP contribution in [0.4, 0.5) is 14.9 Å². The van der Waals surface area contributed by atoms with Gasteiger partial charge in [0, 0.05) is 19.6 Å². The smallest absolute Gasteiger partial charge is 0.321 e. The summed E-state index contributed by atoms with van der Waals surface area (Å²) in [4.78, 5) is 27.4. The number of carbonyl (C=O) groups excluding carboxylic acids is 2. The Morgan fingerprint density at radius 2 is 1.90 bits per heavy atom. The lowest BCUT2D eigenvalue weighted by molar-refractivity contribution is -0.132. The summed E-state index contributed by atoms with van der Waals surface area (Å²) in [5.74, 6) is 0.195. The first-order valence-corrected chi connectivity index (χ1v) is 10.2. The zero-order valence-corrected chi connectivity index (χ0v) is 17.4. The molecule has 0 spiro atoms. The molecule has 3 rings (SSSR count). The second kappa shape index (κ2) is 9.61. The summed E-state index contributed by atoms with van der Waals surface area (Å²) in [6.45, 7) is 5.50. The van der Waals surface area contributed by atoms with Gasteiger partial charge in [-0.25, -0.2) is 9.18 Å². The van der Waals surface area contributed by atoms with Crippen molar-refractivity contribution in [3.8, 4) is 5.75 Å². The van der Waals surface area contributed by atoms with Crippen LogP contribution in [0.1, 0.15) is 32.3 Å². The van der Waals surface area contributed by atoms with Gasteiger partial charge >= 0.3 is 6.03 Å². The molecule has 7 heteroatoms. The number of urea groups is 1. The van der Waals surface area contributed by atoms with Crippen molar-refractivity contribution in [3.05, 3.63) is 59.9 Å². The van der Waals surface area contributed by atoms with Crippen LogP contribution in [0.2, 0.25) is 0 Å². The maximum Gasteiger partial charge on any atom is 0.321 e. The summed E-state index contributed by atoms with van der Waals surface area (Å²) in [6.07, 6.45) is 1.43. The van der Waals surface area contributed by atoms with Crippen LogP contribution >= 0.6 is 0 Å². The first-order chi connectivity index (χ1) is 14.4. The number of ether oxygens (including phenoxy) is 1. The predicted molar refractivity (Wildman–Crippen MR) is 114 cm³/mol. The molecule has 0 aliphatic carbocycles. The van der Waals surface area contributed by atoms with E-state index in [1.54, 1.807) is 23.1 Å². The molecule has 3 amide bonds. The van der Waals surface area contributed by atoms with Crippen LogP contribution in [0.5, 0.6) is 5.75 Å². The second-order valence-electron chi connectivity index (χ2n) is 7.75. The average Bonchev–Trinajstić information content (AvgIpc) is 2.74. The minimum atomic E-state index is -0.685. The molecule has 0 saturated carbocycles. The molecule has 1 aliphatic heterocycles. The number of anilines is 1. The predicted octanol–water partition coefficient (Wildman–Crippen LogP) is 4.17. The zero-order valence-electron chi connectivity index (χ0n) is 17.4.